The minimum atomic E-state index is -0.559. The number of aromatic nitrogens is 1. The molecule has 5 heteroatoms. The van der Waals surface area contributed by atoms with Crippen LogP contribution in [-0.2, 0) is 5.54 Å². The SMILES string of the molecule is Cc1cc(=O)[nH]cc1C(=O)NC(C)(C)c1ccc(OCC(C)C)cc1. The Morgan fingerprint density at radius 1 is 1.24 bits per heavy atom. The van der Waals surface area contributed by atoms with Crippen LogP contribution in [-0.4, -0.2) is 17.5 Å². The lowest BCUT2D eigenvalue weighted by Gasteiger charge is -2.27. The minimum Gasteiger partial charge on any atom is -0.493 e. The monoisotopic (exact) mass is 342 g/mol. The van der Waals surface area contributed by atoms with E-state index in [1.54, 1.807) is 6.92 Å². The van der Waals surface area contributed by atoms with Gasteiger partial charge in [-0.05, 0) is 49.9 Å². The van der Waals surface area contributed by atoms with Gasteiger partial charge < -0.3 is 15.0 Å². The Kier molecular flexibility index (Phi) is 5.67. The number of rotatable bonds is 6. The van der Waals surface area contributed by atoms with Crippen molar-refractivity contribution in [3.63, 3.8) is 0 Å². The molecule has 0 saturated heterocycles. The van der Waals surface area contributed by atoms with Crippen molar-refractivity contribution >= 4 is 5.91 Å². The summed E-state index contributed by atoms with van der Waals surface area (Å²) in [6, 6.07) is 9.15. The Balaban J connectivity index is 2.12. The first-order valence-corrected chi connectivity index (χ1v) is 8.44. The molecule has 1 aromatic heterocycles. The van der Waals surface area contributed by atoms with Crippen molar-refractivity contribution in [1.29, 1.82) is 0 Å². The van der Waals surface area contributed by atoms with Gasteiger partial charge in [-0.25, -0.2) is 0 Å². The number of carbonyl (C=O) groups excluding carboxylic acids is 1. The van der Waals surface area contributed by atoms with Crippen LogP contribution >= 0.6 is 0 Å². The third-order valence-corrected chi connectivity index (χ3v) is 3.96. The van der Waals surface area contributed by atoms with Crippen molar-refractivity contribution in [3.8, 4) is 5.75 Å². The second kappa shape index (κ2) is 7.55. The fraction of sp³-hybridized carbons (Fsp3) is 0.400. The van der Waals surface area contributed by atoms with Gasteiger partial charge in [0.2, 0.25) is 5.56 Å². The largest absolute Gasteiger partial charge is 0.493 e. The zero-order chi connectivity index (χ0) is 18.6. The van der Waals surface area contributed by atoms with Crippen LogP contribution in [0.15, 0.2) is 41.3 Å². The summed E-state index contributed by atoms with van der Waals surface area (Å²) >= 11 is 0. The van der Waals surface area contributed by atoms with Crippen molar-refractivity contribution in [2.75, 3.05) is 6.61 Å². The molecule has 1 aromatic carbocycles. The maximum atomic E-state index is 12.6. The highest BCUT2D eigenvalue weighted by molar-refractivity contribution is 5.95. The minimum absolute atomic E-state index is 0.217. The first-order valence-electron chi connectivity index (χ1n) is 8.44. The predicted octanol–water partition coefficient (Wildman–Crippen LogP) is 3.38. The molecule has 2 N–H and O–H groups in total. The van der Waals surface area contributed by atoms with Crippen molar-refractivity contribution in [1.82, 2.24) is 10.3 Å². The summed E-state index contributed by atoms with van der Waals surface area (Å²) in [7, 11) is 0. The van der Waals surface area contributed by atoms with Crippen LogP contribution in [0, 0.1) is 12.8 Å². The van der Waals surface area contributed by atoms with E-state index in [4.69, 9.17) is 4.74 Å². The van der Waals surface area contributed by atoms with Gasteiger partial charge in [-0.2, -0.15) is 0 Å². The second-order valence-corrected chi connectivity index (χ2v) is 7.20. The molecule has 134 valence electrons. The Hall–Kier alpha value is -2.56. The number of H-pyrrole nitrogens is 1. The maximum absolute atomic E-state index is 12.6. The molecule has 1 heterocycles. The van der Waals surface area contributed by atoms with E-state index in [2.05, 4.69) is 24.1 Å². The number of nitrogens with one attached hydrogen (secondary N) is 2. The van der Waals surface area contributed by atoms with Gasteiger partial charge >= 0.3 is 0 Å². The lowest BCUT2D eigenvalue weighted by Crippen LogP contribution is -2.41. The molecule has 0 aliphatic rings. The van der Waals surface area contributed by atoms with Crippen LogP contribution in [0.1, 0.15) is 49.2 Å². The highest BCUT2D eigenvalue weighted by Gasteiger charge is 2.24. The zero-order valence-corrected chi connectivity index (χ0v) is 15.5. The maximum Gasteiger partial charge on any atom is 0.253 e. The fourth-order valence-electron chi connectivity index (χ4n) is 2.47. The summed E-state index contributed by atoms with van der Waals surface area (Å²) in [5.41, 5.74) is 1.31. The van der Waals surface area contributed by atoms with Gasteiger partial charge in [0, 0.05) is 12.3 Å². The molecular weight excluding hydrogens is 316 g/mol. The molecule has 0 bridgehead atoms. The van der Waals surface area contributed by atoms with E-state index < -0.39 is 5.54 Å². The Morgan fingerprint density at radius 2 is 1.88 bits per heavy atom. The number of amides is 1. The van der Waals surface area contributed by atoms with Gasteiger partial charge in [-0.3, -0.25) is 9.59 Å². The Morgan fingerprint density at radius 3 is 2.44 bits per heavy atom. The molecule has 2 aromatic rings. The normalized spacial score (nSPS) is 11.4. The smallest absolute Gasteiger partial charge is 0.253 e. The molecule has 0 unspecified atom stereocenters. The van der Waals surface area contributed by atoms with Gasteiger partial charge in [0.1, 0.15) is 5.75 Å². The number of aromatic amines is 1. The Labute approximate surface area is 148 Å². The first kappa shape index (κ1) is 18.8. The summed E-state index contributed by atoms with van der Waals surface area (Å²) in [4.78, 5) is 26.4. The summed E-state index contributed by atoms with van der Waals surface area (Å²) < 4.78 is 5.69. The number of pyridine rings is 1. The number of benzene rings is 1. The van der Waals surface area contributed by atoms with Gasteiger partial charge in [-0.15, -0.1) is 0 Å². The summed E-state index contributed by atoms with van der Waals surface area (Å²) in [5.74, 6) is 1.06. The number of hydrogen-bond donors (Lipinski definition) is 2. The van der Waals surface area contributed by atoms with Crippen molar-refractivity contribution in [2.45, 2.75) is 40.2 Å². The quantitative estimate of drug-likeness (QED) is 0.845. The van der Waals surface area contributed by atoms with E-state index in [-0.39, 0.29) is 11.5 Å². The van der Waals surface area contributed by atoms with Crippen LogP contribution in [0.25, 0.3) is 0 Å². The summed E-state index contributed by atoms with van der Waals surface area (Å²) in [6.07, 6.45) is 1.45. The third kappa shape index (κ3) is 4.95. The average Bonchev–Trinajstić information content (AvgIpc) is 2.52. The van der Waals surface area contributed by atoms with Crippen LogP contribution in [0.5, 0.6) is 5.75 Å². The van der Waals surface area contributed by atoms with Gasteiger partial charge in [0.15, 0.2) is 0 Å². The number of hydrogen-bond acceptors (Lipinski definition) is 3. The molecule has 5 nitrogen and oxygen atoms in total. The first-order chi connectivity index (χ1) is 11.7. The van der Waals surface area contributed by atoms with E-state index in [1.165, 1.54) is 12.3 Å². The van der Waals surface area contributed by atoms with Gasteiger partial charge in [0.25, 0.3) is 5.91 Å². The molecule has 0 radical (unpaired) electrons. The highest BCUT2D eigenvalue weighted by Crippen LogP contribution is 2.23. The molecular formula is C20H26N2O3. The molecule has 2 rings (SSSR count). The predicted molar refractivity (Wildman–Crippen MR) is 99.1 cm³/mol. The van der Waals surface area contributed by atoms with E-state index >= 15 is 0 Å². The van der Waals surface area contributed by atoms with Crippen molar-refractivity contribution < 1.29 is 9.53 Å². The highest BCUT2D eigenvalue weighted by atomic mass is 16.5. The fourth-order valence-corrected chi connectivity index (χ4v) is 2.47. The van der Waals surface area contributed by atoms with Crippen LogP contribution in [0.3, 0.4) is 0 Å². The van der Waals surface area contributed by atoms with E-state index in [0.717, 1.165) is 11.3 Å². The Bertz CT molecular complexity index is 789. The number of ether oxygens (including phenoxy) is 1. The average molecular weight is 342 g/mol. The van der Waals surface area contributed by atoms with Gasteiger partial charge in [0.05, 0.1) is 17.7 Å². The zero-order valence-electron chi connectivity index (χ0n) is 15.5. The lowest BCUT2D eigenvalue weighted by molar-refractivity contribution is 0.0911. The molecule has 0 spiro atoms. The van der Waals surface area contributed by atoms with E-state index in [9.17, 15) is 9.59 Å². The molecule has 0 aliphatic carbocycles. The lowest BCUT2D eigenvalue weighted by atomic mass is 9.93. The molecule has 0 aliphatic heterocycles. The number of carbonyl (C=O) groups is 1. The molecule has 25 heavy (non-hydrogen) atoms. The summed E-state index contributed by atoms with van der Waals surface area (Å²) in [5, 5.41) is 3.02. The second-order valence-electron chi connectivity index (χ2n) is 7.20. The van der Waals surface area contributed by atoms with E-state index in [0.29, 0.717) is 23.7 Å². The topological polar surface area (TPSA) is 71.2 Å². The number of aryl methyl sites for hydroxylation is 1. The van der Waals surface area contributed by atoms with Crippen molar-refractivity contribution in [3.05, 3.63) is 63.6 Å². The molecule has 0 saturated carbocycles. The molecule has 0 atom stereocenters. The van der Waals surface area contributed by atoms with Crippen LogP contribution < -0.4 is 15.6 Å². The molecule has 0 fully saturated rings. The molecule has 1 amide bonds. The third-order valence-electron chi connectivity index (χ3n) is 3.96. The standard InChI is InChI=1S/C20H26N2O3/c1-13(2)12-25-16-8-6-15(7-9-16)20(4,5)22-19(24)17-11-21-18(23)10-14(17)3/h6-11,13H,12H2,1-5H3,(H,21,23)(H,22,24). The van der Waals surface area contributed by atoms with Crippen molar-refractivity contribution in [2.24, 2.45) is 5.92 Å². The van der Waals surface area contributed by atoms with Crippen LogP contribution in [0.4, 0.5) is 0 Å². The van der Waals surface area contributed by atoms with E-state index in [1.807, 2.05) is 38.1 Å². The summed E-state index contributed by atoms with van der Waals surface area (Å²) in [6.45, 7) is 10.5. The van der Waals surface area contributed by atoms with Gasteiger partial charge in [-0.1, -0.05) is 26.0 Å². The van der Waals surface area contributed by atoms with Crippen LogP contribution in [0.2, 0.25) is 0 Å².